The molecule has 2 rings (SSSR count). The second kappa shape index (κ2) is 9.44. The first kappa shape index (κ1) is 20.8. The summed E-state index contributed by atoms with van der Waals surface area (Å²) in [4.78, 5) is 33.3. The van der Waals surface area contributed by atoms with Crippen LogP contribution in [0.4, 0.5) is 10.5 Å². The van der Waals surface area contributed by atoms with Crippen LogP contribution in [0.15, 0.2) is 48.5 Å². The minimum absolute atomic E-state index is 0.0152. The van der Waals surface area contributed by atoms with Crippen molar-refractivity contribution in [2.75, 3.05) is 6.54 Å². The average Bonchev–Trinajstić information content (AvgIpc) is 2.69. The summed E-state index contributed by atoms with van der Waals surface area (Å²) >= 11 is 0. The van der Waals surface area contributed by atoms with Crippen molar-refractivity contribution in [1.82, 2.24) is 5.32 Å². The molecule has 0 saturated heterocycles. The lowest BCUT2D eigenvalue weighted by Gasteiger charge is -2.20. The number of rotatable bonds is 8. The Balaban J connectivity index is 2.02. The maximum absolute atomic E-state index is 11.7. The van der Waals surface area contributed by atoms with Crippen LogP contribution < -0.4 is 5.32 Å². The summed E-state index contributed by atoms with van der Waals surface area (Å²) < 4.78 is 4.94. The number of nitro groups is 1. The van der Waals surface area contributed by atoms with Crippen LogP contribution in [0.5, 0.6) is 0 Å². The fourth-order valence-electron chi connectivity index (χ4n) is 2.48. The van der Waals surface area contributed by atoms with Gasteiger partial charge in [0, 0.05) is 12.6 Å². The Labute approximate surface area is 159 Å². The van der Waals surface area contributed by atoms with Crippen LogP contribution in [-0.2, 0) is 11.3 Å². The molecule has 0 aliphatic rings. The largest absolute Gasteiger partial charge is 0.478 e. The van der Waals surface area contributed by atoms with E-state index in [0.29, 0.717) is 0 Å². The van der Waals surface area contributed by atoms with Gasteiger partial charge in [0.15, 0.2) is 0 Å². The number of hydrogen-bond acceptors (Lipinski definition) is 7. The number of nitro benzene ring substituents is 1. The van der Waals surface area contributed by atoms with Crippen molar-refractivity contribution in [3.8, 4) is 0 Å². The van der Waals surface area contributed by atoms with Gasteiger partial charge in [0.25, 0.3) is 5.69 Å². The molecule has 2 unspecified atom stereocenters. The van der Waals surface area contributed by atoms with E-state index in [1.165, 1.54) is 0 Å². The van der Waals surface area contributed by atoms with Crippen molar-refractivity contribution < 1.29 is 34.6 Å². The van der Waals surface area contributed by atoms with E-state index in [1.54, 1.807) is 30.3 Å². The van der Waals surface area contributed by atoms with Crippen LogP contribution >= 0.6 is 0 Å². The zero-order chi connectivity index (χ0) is 20.7. The molecule has 10 nitrogen and oxygen atoms in total. The van der Waals surface area contributed by atoms with Crippen molar-refractivity contribution in [2.24, 2.45) is 0 Å². The SMILES string of the molecule is O=C(NCC(O)C(O)c1c(C(=O)O)cccc1[N+](=O)[O-])OCc1ccccc1. The third-order valence-corrected chi connectivity index (χ3v) is 3.84. The van der Waals surface area contributed by atoms with E-state index >= 15 is 0 Å². The van der Waals surface area contributed by atoms with Crippen LogP contribution in [0.3, 0.4) is 0 Å². The summed E-state index contributed by atoms with van der Waals surface area (Å²) in [5.41, 5.74) is -0.985. The van der Waals surface area contributed by atoms with Gasteiger partial charge in [-0.15, -0.1) is 0 Å². The van der Waals surface area contributed by atoms with Crippen molar-refractivity contribution >= 4 is 17.7 Å². The van der Waals surface area contributed by atoms with Gasteiger partial charge in [-0.25, -0.2) is 9.59 Å². The van der Waals surface area contributed by atoms with E-state index < -0.39 is 52.6 Å². The number of aliphatic hydroxyl groups is 2. The maximum atomic E-state index is 11.7. The van der Waals surface area contributed by atoms with Crippen LogP contribution in [0.25, 0.3) is 0 Å². The highest BCUT2D eigenvalue weighted by Gasteiger charge is 2.31. The molecule has 0 fully saturated rings. The number of carboxylic acid groups (broad SMARTS) is 1. The summed E-state index contributed by atoms with van der Waals surface area (Å²) in [6.07, 6.45) is -4.50. The van der Waals surface area contributed by atoms with E-state index in [2.05, 4.69) is 5.32 Å². The minimum Gasteiger partial charge on any atom is -0.478 e. The summed E-state index contributed by atoms with van der Waals surface area (Å²) in [7, 11) is 0. The van der Waals surface area contributed by atoms with Gasteiger partial charge in [-0.05, 0) is 11.6 Å². The van der Waals surface area contributed by atoms with Crippen molar-refractivity contribution in [3.63, 3.8) is 0 Å². The first-order chi connectivity index (χ1) is 13.3. The number of ether oxygens (including phenoxy) is 1. The number of carbonyl (C=O) groups excluding carboxylic acids is 1. The van der Waals surface area contributed by atoms with E-state index in [1.807, 2.05) is 0 Å². The molecule has 0 bridgehead atoms. The standard InChI is InChI=1S/C18H18N2O8/c21-14(9-19-18(25)28-10-11-5-2-1-3-6-11)16(22)15-12(17(23)24)7-4-8-13(15)20(26)27/h1-8,14,16,21-22H,9-10H2,(H,19,25)(H,23,24). The topological polar surface area (TPSA) is 159 Å². The second-order valence-electron chi connectivity index (χ2n) is 5.76. The zero-order valence-corrected chi connectivity index (χ0v) is 14.5. The number of carboxylic acids is 1. The van der Waals surface area contributed by atoms with E-state index in [0.717, 1.165) is 23.8 Å². The molecule has 0 radical (unpaired) electrons. The predicted octanol–water partition coefficient (Wildman–Crippen LogP) is 1.61. The lowest BCUT2D eigenvalue weighted by Crippen LogP contribution is -2.36. The van der Waals surface area contributed by atoms with Gasteiger partial charge >= 0.3 is 12.1 Å². The Morgan fingerprint density at radius 3 is 2.39 bits per heavy atom. The fourth-order valence-corrected chi connectivity index (χ4v) is 2.48. The molecule has 4 N–H and O–H groups in total. The minimum atomic E-state index is -1.91. The molecule has 10 heteroatoms. The third-order valence-electron chi connectivity index (χ3n) is 3.84. The maximum Gasteiger partial charge on any atom is 0.407 e. The molecule has 0 aliphatic heterocycles. The van der Waals surface area contributed by atoms with E-state index in [-0.39, 0.29) is 6.61 Å². The average molecular weight is 390 g/mol. The van der Waals surface area contributed by atoms with Crippen molar-refractivity contribution in [3.05, 3.63) is 75.3 Å². The van der Waals surface area contributed by atoms with Crippen LogP contribution in [0.2, 0.25) is 0 Å². The first-order valence-electron chi connectivity index (χ1n) is 8.12. The van der Waals surface area contributed by atoms with Crippen LogP contribution in [0, 0.1) is 10.1 Å². The second-order valence-corrected chi connectivity index (χ2v) is 5.76. The summed E-state index contributed by atoms with van der Waals surface area (Å²) in [5.74, 6) is -1.50. The Morgan fingerprint density at radius 2 is 1.79 bits per heavy atom. The highest BCUT2D eigenvalue weighted by Crippen LogP contribution is 2.30. The number of amides is 1. The van der Waals surface area contributed by atoms with Gasteiger partial charge in [0.05, 0.1) is 16.1 Å². The number of nitrogens with zero attached hydrogens (tertiary/aromatic N) is 1. The Hall–Kier alpha value is -3.50. The number of alkyl carbamates (subject to hydrolysis) is 1. The van der Waals surface area contributed by atoms with Gasteiger partial charge in [-0.3, -0.25) is 10.1 Å². The molecule has 2 aromatic carbocycles. The van der Waals surface area contributed by atoms with Gasteiger partial charge in [-0.1, -0.05) is 36.4 Å². The van der Waals surface area contributed by atoms with Gasteiger partial charge in [0.2, 0.25) is 0 Å². The van der Waals surface area contributed by atoms with Gasteiger partial charge in [0.1, 0.15) is 18.8 Å². The number of carbonyl (C=O) groups is 2. The van der Waals surface area contributed by atoms with Gasteiger partial charge < -0.3 is 25.4 Å². The number of hydrogen-bond donors (Lipinski definition) is 4. The zero-order valence-electron chi connectivity index (χ0n) is 14.5. The molecule has 2 atom stereocenters. The number of nitrogens with one attached hydrogen (secondary N) is 1. The molecule has 148 valence electrons. The smallest absolute Gasteiger partial charge is 0.407 e. The summed E-state index contributed by atoms with van der Waals surface area (Å²) in [6.45, 7) is -0.529. The molecule has 0 aliphatic carbocycles. The molecule has 0 heterocycles. The highest BCUT2D eigenvalue weighted by atomic mass is 16.6. The van der Waals surface area contributed by atoms with Crippen LogP contribution in [0.1, 0.15) is 27.6 Å². The van der Waals surface area contributed by atoms with Crippen molar-refractivity contribution in [2.45, 2.75) is 18.8 Å². The number of benzene rings is 2. The molecule has 1 amide bonds. The van der Waals surface area contributed by atoms with Crippen LogP contribution in [-0.4, -0.2) is 45.0 Å². The Morgan fingerprint density at radius 1 is 1.11 bits per heavy atom. The monoisotopic (exact) mass is 390 g/mol. The number of aliphatic hydroxyl groups excluding tert-OH is 2. The summed E-state index contributed by atoms with van der Waals surface area (Å²) in [5, 5.41) is 42.9. The number of aromatic carboxylic acids is 1. The molecular weight excluding hydrogens is 372 g/mol. The molecule has 0 spiro atoms. The Bertz CT molecular complexity index is 824. The van der Waals surface area contributed by atoms with E-state index in [4.69, 9.17) is 4.74 Å². The lowest BCUT2D eigenvalue weighted by atomic mass is 9.96. The molecular formula is C18H18N2O8. The Kier molecular flexibility index (Phi) is 7.02. The first-order valence-corrected chi connectivity index (χ1v) is 8.12. The quantitative estimate of drug-likeness (QED) is 0.391. The normalized spacial score (nSPS) is 12.6. The summed E-state index contributed by atoms with van der Waals surface area (Å²) in [6, 6.07) is 12.1. The lowest BCUT2D eigenvalue weighted by molar-refractivity contribution is -0.386. The molecule has 0 saturated carbocycles. The predicted molar refractivity (Wildman–Crippen MR) is 95.7 cm³/mol. The highest BCUT2D eigenvalue weighted by molar-refractivity contribution is 5.91. The molecule has 0 aromatic heterocycles. The van der Waals surface area contributed by atoms with Crippen molar-refractivity contribution in [1.29, 1.82) is 0 Å². The molecule has 2 aromatic rings. The fraction of sp³-hybridized carbons (Fsp3) is 0.222. The van der Waals surface area contributed by atoms with E-state index in [9.17, 15) is 35.0 Å². The van der Waals surface area contributed by atoms with Gasteiger partial charge in [-0.2, -0.15) is 0 Å². The third kappa shape index (κ3) is 5.25. The molecule has 28 heavy (non-hydrogen) atoms.